The Bertz CT molecular complexity index is 662. The molecule has 3 nitrogen and oxygen atoms in total. The molecule has 2 N–H and O–H groups in total. The summed E-state index contributed by atoms with van der Waals surface area (Å²) in [5.74, 6) is 0. The van der Waals surface area contributed by atoms with Gasteiger partial charge in [0.25, 0.3) is 0 Å². The second-order valence-corrected chi connectivity index (χ2v) is 6.89. The first kappa shape index (κ1) is 17.2. The number of aliphatic hydroxyl groups excluding tert-OH is 1. The number of rotatable bonds is 6. The van der Waals surface area contributed by atoms with E-state index in [9.17, 15) is 5.11 Å². The number of hydrogen-bond acceptors (Lipinski definition) is 3. The number of aryl methyl sites for hydroxylation is 1. The molecule has 0 bridgehead atoms. The summed E-state index contributed by atoms with van der Waals surface area (Å²) in [6.07, 6.45) is 1.86. The Morgan fingerprint density at radius 3 is 2.62 bits per heavy atom. The summed E-state index contributed by atoms with van der Waals surface area (Å²) >= 11 is 0. The molecule has 3 rings (SSSR count). The molecule has 1 aliphatic rings. The molecule has 128 valence electrons. The summed E-state index contributed by atoms with van der Waals surface area (Å²) < 4.78 is 5.43. The topological polar surface area (TPSA) is 41.5 Å². The summed E-state index contributed by atoms with van der Waals surface area (Å²) in [7, 11) is 0. The van der Waals surface area contributed by atoms with Gasteiger partial charge in [0.05, 0.1) is 6.61 Å². The van der Waals surface area contributed by atoms with Crippen LogP contribution in [0.5, 0.6) is 0 Å². The van der Waals surface area contributed by atoms with Crippen molar-refractivity contribution in [1.82, 2.24) is 5.32 Å². The molecule has 3 heteroatoms. The van der Waals surface area contributed by atoms with Crippen molar-refractivity contribution in [3.05, 3.63) is 59.7 Å². The SMILES string of the molecule is Cc1ccccc1-c1cccc(CNCC2(CO)CCOCC2)c1. The van der Waals surface area contributed by atoms with E-state index < -0.39 is 0 Å². The van der Waals surface area contributed by atoms with E-state index in [-0.39, 0.29) is 12.0 Å². The normalized spacial score (nSPS) is 16.9. The van der Waals surface area contributed by atoms with Crippen molar-refractivity contribution in [1.29, 1.82) is 0 Å². The standard InChI is InChI=1S/C21H27NO2/c1-17-5-2-3-8-20(17)19-7-4-6-18(13-19)14-22-15-21(16-23)9-11-24-12-10-21/h2-8,13,22-23H,9-12,14-16H2,1H3. The first-order valence-corrected chi connectivity index (χ1v) is 8.77. The summed E-state index contributed by atoms with van der Waals surface area (Å²) in [6, 6.07) is 17.2. The third-order valence-electron chi connectivity index (χ3n) is 5.10. The molecule has 1 aliphatic heterocycles. The molecular weight excluding hydrogens is 298 g/mol. The zero-order valence-corrected chi connectivity index (χ0v) is 14.4. The van der Waals surface area contributed by atoms with Gasteiger partial charge in [0.1, 0.15) is 0 Å². The van der Waals surface area contributed by atoms with Crippen LogP contribution in [0.4, 0.5) is 0 Å². The van der Waals surface area contributed by atoms with E-state index in [0.717, 1.165) is 39.1 Å². The number of aliphatic hydroxyl groups is 1. The molecule has 0 amide bonds. The van der Waals surface area contributed by atoms with Crippen molar-refractivity contribution in [2.45, 2.75) is 26.3 Å². The fourth-order valence-electron chi connectivity index (χ4n) is 3.41. The molecule has 0 aromatic heterocycles. The van der Waals surface area contributed by atoms with E-state index in [2.05, 4.69) is 60.8 Å². The highest BCUT2D eigenvalue weighted by atomic mass is 16.5. The van der Waals surface area contributed by atoms with Gasteiger partial charge in [0, 0.05) is 31.7 Å². The number of ether oxygens (including phenoxy) is 1. The third kappa shape index (κ3) is 4.04. The van der Waals surface area contributed by atoms with Gasteiger partial charge in [-0.05, 0) is 48.1 Å². The van der Waals surface area contributed by atoms with Gasteiger partial charge in [-0.2, -0.15) is 0 Å². The zero-order valence-electron chi connectivity index (χ0n) is 14.4. The van der Waals surface area contributed by atoms with Gasteiger partial charge >= 0.3 is 0 Å². The molecule has 0 unspecified atom stereocenters. The Balaban J connectivity index is 1.64. The maximum atomic E-state index is 9.77. The summed E-state index contributed by atoms with van der Waals surface area (Å²) in [5, 5.41) is 13.3. The van der Waals surface area contributed by atoms with E-state index in [0.29, 0.717) is 0 Å². The molecule has 1 heterocycles. The lowest BCUT2D eigenvalue weighted by Gasteiger charge is -2.35. The van der Waals surface area contributed by atoms with Crippen LogP contribution in [-0.4, -0.2) is 31.5 Å². The van der Waals surface area contributed by atoms with Crippen LogP contribution in [-0.2, 0) is 11.3 Å². The van der Waals surface area contributed by atoms with Crippen LogP contribution in [0.1, 0.15) is 24.0 Å². The molecule has 1 fully saturated rings. The molecule has 2 aromatic carbocycles. The van der Waals surface area contributed by atoms with E-state index in [1.165, 1.54) is 22.3 Å². The fourth-order valence-corrected chi connectivity index (χ4v) is 3.41. The smallest absolute Gasteiger partial charge is 0.0501 e. The second kappa shape index (κ2) is 7.93. The number of hydrogen-bond donors (Lipinski definition) is 2. The Kier molecular flexibility index (Phi) is 5.67. The Labute approximate surface area is 144 Å². The van der Waals surface area contributed by atoms with Gasteiger partial charge in [-0.25, -0.2) is 0 Å². The molecule has 1 saturated heterocycles. The van der Waals surface area contributed by atoms with E-state index in [1.54, 1.807) is 0 Å². The highest BCUT2D eigenvalue weighted by Crippen LogP contribution is 2.29. The maximum Gasteiger partial charge on any atom is 0.0501 e. The third-order valence-corrected chi connectivity index (χ3v) is 5.10. The van der Waals surface area contributed by atoms with Gasteiger partial charge in [-0.3, -0.25) is 0 Å². The molecule has 0 radical (unpaired) electrons. The molecule has 0 saturated carbocycles. The van der Waals surface area contributed by atoms with Crippen LogP contribution in [0, 0.1) is 12.3 Å². The average Bonchev–Trinajstić information content (AvgIpc) is 2.63. The lowest BCUT2D eigenvalue weighted by Crippen LogP contribution is -2.41. The quantitative estimate of drug-likeness (QED) is 0.853. The van der Waals surface area contributed by atoms with Crippen molar-refractivity contribution in [2.75, 3.05) is 26.4 Å². The first-order valence-electron chi connectivity index (χ1n) is 8.77. The average molecular weight is 325 g/mol. The highest BCUT2D eigenvalue weighted by molar-refractivity contribution is 5.67. The zero-order chi connectivity index (χ0) is 16.8. The Morgan fingerprint density at radius 1 is 1.08 bits per heavy atom. The summed E-state index contributed by atoms with van der Waals surface area (Å²) in [4.78, 5) is 0. The predicted octanol–water partition coefficient (Wildman–Crippen LogP) is 3.54. The minimum atomic E-state index is -0.0219. The minimum Gasteiger partial charge on any atom is -0.396 e. The van der Waals surface area contributed by atoms with Crippen molar-refractivity contribution in [2.24, 2.45) is 5.41 Å². The Hall–Kier alpha value is -1.68. The molecule has 0 spiro atoms. The molecular formula is C21H27NO2. The van der Waals surface area contributed by atoms with Gasteiger partial charge in [-0.15, -0.1) is 0 Å². The van der Waals surface area contributed by atoms with Gasteiger partial charge in [-0.1, -0.05) is 42.5 Å². The monoisotopic (exact) mass is 325 g/mol. The van der Waals surface area contributed by atoms with Crippen LogP contribution in [0.2, 0.25) is 0 Å². The molecule has 0 atom stereocenters. The van der Waals surface area contributed by atoms with E-state index >= 15 is 0 Å². The van der Waals surface area contributed by atoms with E-state index in [4.69, 9.17) is 4.74 Å². The second-order valence-electron chi connectivity index (χ2n) is 6.89. The van der Waals surface area contributed by atoms with Crippen LogP contribution in [0.3, 0.4) is 0 Å². The Morgan fingerprint density at radius 2 is 1.88 bits per heavy atom. The van der Waals surface area contributed by atoms with Crippen LogP contribution >= 0.6 is 0 Å². The van der Waals surface area contributed by atoms with Crippen LogP contribution in [0.25, 0.3) is 11.1 Å². The molecule has 0 aliphatic carbocycles. The van der Waals surface area contributed by atoms with Gasteiger partial charge < -0.3 is 15.2 Å². The van der Waals surface area contributed by atoms with Crippen LogP contribution in [0.15, 0.2) is 48.5 Å². The van der Waals surface area contributed by atoms with Crippen molar-refractivity contribution in [3.63, 3.8) is 0 Å². The lowest BCUT2D eigenvalue weighted by molar-refractivity contribution is -0.0154. The fraction of sp³-hybridized carbons (Fsp3) is 0.429. The van der Waals surface area contributed by atoms with E-state index in [1.807, 2.05) is 0 Å². The highest BCUT2D eigenvalue weighted by Gasteiger charge is 2.31. The largest absolute Gasteiger partial charge is 0.396 e. The lowest BCUT2D eigenvalue weighted by atomic mass is 9.81. The molecule has 24 heavy (non-hydrogen) atoms. The van der Waals surface area contributed by atoms with Gasteiger partial charge in [0.2, 0.25) is 0 Å². The van der Waals surface area contributed by atoms with Crippen molar-refractivity contribution >= 4 is 0 Å². The van der Waals surface area contributed by atoms with Crippen LogP contribution < -0.4 is 5.32 Å². The van der Waals surface area contributed by atoms with Crippen molar-refractivity contribution < 1.29 is 9.84 Å². The van der Waals surface area contributed by atoms with Crippen molar-refractivity contribution in [3.8, 4) is 11.1 Å². The summed E-state index contributed by atoms with van der Waals surface area (Å²) in [5.41, 5.74) is 5.09. The number of nitrogens with one attached hydrogen (secondary N) is 1. The number of benzene rings is 2. The summed E-state index contributed by atoms with van der Waals surface area (Å²) in [6.45, 7) is 5.54. The maximum absolute atomic E-state index is 9.77. The predicted molar refractivity (Wildman–Crippen MR) is 97.9 cm³/mol. The first-order chi connectivity index (χ1) is 11.7. The van der Waals surface area contributed by atoms with Gasteiger partial charge in [0.15, 0.2) is 0 Å². The minimum absolute atomic E-state index is 0.0219. The molecule has 2 aromatic rings.